The SMILES string of the molecule is COc1ccc(C(C)=NNC(=O)C(C)NC(=O)c2ccc(Br)cc2)c(OC)c1. The molecule has 1 atom stereocenters. The number of ether oxygens (including phenoxy) is 2. The van der Waals surface area contributed by atoms with Crippen LogP contribution in [0.4, 0.5) is 0 Å². The van der Waals surface area contributed by atoms with Gasteiger partial charge in [-0.1, -0.05) is 15.9 Å². The molecule has 2 aromatic rings. The van der Waals surface area contributed by atoms with Crippen LogP contribution in [0.5, 0.6) is 11.5 Å². The van der Waals surface area contributed by atoms with Gasteiger partial charge in [0.2, 0.25) is 0 Å². The van der Waals surface area contributed by atoms with Crippen molar-refractivity contribution in [2.24, 2.45) is 5.10 Å². The van der Waals surface area contributed by atoms with Crippen LogP contribution in [-0.2, 0) is 4.79 Å². The monoisotopic (exact) mass is 447 g/mol. The van der Waals surface area contributed by atoms with Gasteiger partial charge < -0.3 is 14.8 Å². The third-order valence-electron chi connectivity index (χ3n) is 3.98. The molecule has 0 saturated carbocycles. The Bertz CT molecular complexity index is 882. The Labute approximate surface area is 172 Å². The number of carbonyl (C=O) groups excluding carboxylic acids is 2. The second-order valence-corrected chi connectivity index (χ2v) is 6.86. The molecule has 2 amide bonds. The molecular weight excluding hydrogens is 426 g/mol. The zero-order chi connectivity index (χ0) is 20.7. The molecule has 0 spiro atoms. The molecule has 0 heterocycles. The first-order chi connectivity index (χ1) is 13.3. The van der Waals surface area contributed by atoms with E-state index in [0.29, 0.717) is 22.8 Å². The molecule has 1 unspecified atom stereocenters. The Kier molecular flexibility index (Phi) is 7.57. The molecule has 8 heteroatoms. The third kappa shape index (κ3) is 5.56. The highest BCUT2D eigenvalue weighted by atomic mass is 79.9. The Morgan fingerprint density at radius 3 is 2.36 bits per heavy atom. The van der Waals surface area contributed by atoms with Gasteiger partial charge in [-0.3, -0.25) is 9.59 Å². The number of methoxy groups -OCH3 is 2. The van der Waals surface area contributed by atoms with E-state index in [9.17, 15) is 9.59 Å². The summed E-state index contributed by atoms with van der Waals surface area (Å²) in [7, 11) is 3.11. The quantitative estimate of drug-likeness (QED) is 0.503. The molecule has 7 nitrogen and oxygen atoms in total. The van der Waals surface area contributed by atoms with Gasteiger partial charge >= 0.3 is 0 Å². The van der Waals surface area contributed by atoms with Crippen LogP contribution in [0.3, 0.4) is 0 Å². The molecule has 0 radical (unpaired) electrons. The number of hydrazone groups is 1. The molecule has 0 aliphatic carbocycles. The molecule has 0 fully saturated rings. The van der Waals surface area contributed by atoms with Crippen molar-refractivity contribution in [3.8, 4) is 11.5 Å². The van der Waals surface area contributed by atoms with Crippen LogP contribution in [0.2, 0.25) is 0 Å². The average molecular weight is 448 g/mol. The van der Waals surface area contributed by atoms with E-state index in [-0.39, 0.29) is 5.91 Å². The Morgan fingerprint density at radius 1 is 1.07 bits per heavy atom. The molecule has 0 bridgehead atoms. The van der Waals surface area contributed by atoms with Gasteiger partial charge in [0.25, 0.3) is 11.8 Å². The highest BCUT2D eigenvalue weighted by Crippen LogP contribution is 2.25. The molecule has 0 saturated heterocycles. The van der Waals surface area contributed by atoms with Crippen molar-refractivity contribution in [3.05, 3.63) is 58.1 Å². The minimum Gasteiger partial charge on any atom is -0.497 e. The zero-order valence-electron chi connectivity index (χ0n) is 16.1. The first kappa shape index (κ1) is 21.4. The van der Waals surface area contributed by atoms with E-state index in [2.05, 4.69) is 31.8 Å². The number of amides is 2. The first-order valence-corrected chi connectivity index (χ1v) is 9.28. The Morgan fingerprint density at radius 2 is 1.75 bits per heavy atom. The molecule has 148 valence electrons. The second-order valence-electron chi connectivity index (χ2n) is 5.94. The van der Waals surface area contributed by atoms with Crippen molar-refractivity contribution in [1.29, 1.82) is 0 Å². The van der Waals surface area contributed by atoms with E-state index in [1.807, 2.05) is 0 Å². The van der Waals surface area contributed by atoms with Gasteiger partial charge in [-0.25, -0.2) is 5.43 Å². The van der Waals surface area contributed by atoms with Crippen LogP contribution in [0, 0.1) is 0 Å². The topological polar surface area (TPSA) is 89.0 Å². The van der Waals surface area contributed by atoms with E-state index in [4.69, 9.17) is 9.47 Å². The van der Waals surface area contributed by atoms with Gasteiger partial charge in [0, 0.05) is 21.7 Å². The lowest BCUT2D eigenvalue weighted by molar-refractivity contribution is -0.122. The summed E-state index contributed by atoms with van der Waals surface area (Å²) >= 11 is 3.31. The normalized spacial score (nSPS) is 12.1. The summed E-state index contributed by atoms with van der Waals surface area (Å²) in [6.07, 6.45) is 0. The molecule has 0 aliphatic heterocycles. The minimum atomic E-state index is -0.759. The van der Waals surface area contributed by atoms with Crippen LogP contribution in [0.15, 0.2) is 52.0 Å². The number of benzene rings is 2. The fourth-order valence-electron chi connectivity index (χ4n) is 2.34. The van der Waals surface area contributed by atoms with Crippen LogP contribution in [0.1, 0.15) is 29.8 Å². The standard InChI is InChI=1S/C20H22BrN3O4/c1-12(17-10-9-16(27-3)11-18(17)28-4)23-24-19(25)13(2)22-20(26)14-5-7-15(21)8-6-14/h5-11,13H,1-4H3,(H,22,26)(H,24,25). The smallest absolute Gasteiger partial charge is 0.262 e. The maximum atomic E-state index is 12.3. The molecule has 28 heavy (non-hydrogen) atoms. The van der Waals surface area contributed by atoms with Crippen LogP contribution < -0.4 is 20.2 Å². The van der Waals surface area contributed by atoms with Crippen LogP contribution in [0.25, 0.3) is 0 Å². The molecule has 2 aromatic carbocycles. The summed E-state index contributed by atoms with van der Waals surface area (Å²) in [5.74, 6) is 0.457. The predicted molar refractivity (Wildman–Crippen MR) is 111 cm³/mol. The van der Waals surface area contributed by atoms with E-state index >= 15 is 0 Å². The highest BCUT2D eigenvalue weighted by molar-refractivity contribution is 9.10. The van der Waals surface area contributed by atoms with E-state index < -0.39 is 11.9 Å². The largest absolute Gasteiger partial charge is 0.497 e. The number of rotatable bonds is 7. The number of hydrogen-bond acceptors (Lipinski definition) is 5. The van der Waals surface area contributed by atoms with Crippen molar-refractivity contribution in [3.63, 3.8) is 0 Å². The van der Waals surface area contributed by atoms with Crippen molar-refractivity contribution in [2.45, 2.75) is 19.9 Å². The zero-order valence-corrected chi connectivity index (χ0v) is 17.7. The molecule has 0 aromatic heterocycles. The van der Waals surface area contributed by atoms with Gasteiger partial charge in [0.1, 0.15) is 17.5 Å². The number of nitrogens with one attached hydrogen (secondary N) is 2. The molecule has 2 rings (SSSR count). The van der Waals surface area contributed by atoms with Gasteiger partial charge in [-0.15, -0.1) is 0 Å². The fourth-order valence-corrected chi connectivity index (χ4v) is 2.60. The maximum absolute atomic E-state index is 12.3. The van der Waals surface area contributed by atoms with Gasteiger partial charge in [0.05, 0.1) is 19.9 Å². The highest BCUT2D eigenvalue weighted by Gasteiger charge is 2.17. The van der Waals surface area contributed by atoms with Crippen molar-refractivity contribution in [1.82, 2.24) is 10.7 Å². The lowest BCUT2D eigenvalue weighted by Gasteiger charge is -2.13. The van der Waals surface area contributed by atoms with Gasteiger partial charge in [0.15, 0.2) is 0 Å². The third-order valence-corrected chi connectivity index (χ3v) is 4.51. The summed E-state index contributed by atoms with van der Waals surface area (Å²) in [4.78, 5) is 24.5. The van der Waals surface area contributed by atoms with Crippen molar-refractivity contribution >= 4 is 33.5 Å². The molecular formula is C20H22BrN3O4. The fraction of sp³-hybridized carbons (Fsp3) is 0.250. The van der Waals surface area contributed by atoms with E-state index in [1.165, 1.54) is 0 Å². The number of hydrogen-bond donors (Lipinski definition) is 2. The predicted octanol–water partition coefficient (Wildman–Crippen LogP) is 3.13. The molecule has 2 N–H and O–H groups in total. The second kappa shape index (κ2) is 9.89. The van der Waals surface area contributed by atoms with Gasteiger partial charge in [-0.2, -0.15) is 5.10 Å². The maximum Gasteiger partial charge on any atom is 0.262 e. The average Bonchev–Trinajstić information content (AvgIpc) is 2.71. The lowest BCUT2D eigenvalue weighted by atomic mass is 10.1. The first-order valence-electron chi connectivity index (χ1n) is 8.48. The molecule has 0 aliphatic rings. The lowest BCUT2D eigenvalue weighted by Crippen LogP contribution is -2.43. The van der Waals surface area contributed by atoms with E-state index in [1.54, 1.807) is 70.5 Å². The van der Waals surface area contributed by atoms with E-state index in [0.717, 1.165) is 10.0 Å². The van der Waals surface area contributed by atoms with Gasteiger partial charge in [-0.05, 0) is 50.2 Å². The summed E-state index contributed by atoms with van der Waals surface area (Å²) in [6.45, 7) is 3.33. The number of nitrogens with zero attached hydrogens (tertiary/aromatic N) is 1. The summed E-state index contributed by atoms with van der Waals surface area (Å²) in [5.41, 5.74) is 4.20. The Balaban J connectivity index is 2.01. The van der Waals surface area contributed by atoms with Crippen molar-refractivity contribution in [2.75, 3.05) is 14.2 Å². The Hall–Kier alpha value is -2.87. The summed E-state index contributed by atoms with van der Waals surface area (Å²) in [6, 6.07) is 11.4. The minimum absolute atomic E-state index is 0.340. The number of halogens is 1. The summed E-state index contributed by atoms with van der Waals surface area (Å²) < 4.78 is 11.4. The number of carbonyl (C=O) groups is 2. The van der Waals surface area contributed by atoms with Crippen LogP contribution in [-0.4, -0.2) is 37.8 Å². The summed E-state index contributed by atoms with van der Waals surface area (Å²) in [5, 5.41) is 6.75. The van der Waals surface area contributed by atoms with Crippen LogP contribution >= 0.6 is 15.9 Å². The van der Waals surface area contributed by atoms with Crippen molar-refractivity contribution < 1.29 is 19.1 Å².